The van der Waals surface area contributed by atoms with Crippen molar-refractivity contribution in [2.45, 2.75) is 16.2 Å². The van der Waals surface area contributed by atoms with Gasteiger partial charge in [-0.3, -0.25) is 14.9 Å². The van der Waals surface area contributed by atoms with E-state index in [1.807, 2.05) is 12.3 Å². The van der Waals surface area contributed by atoms with Crippen LogP contribution in [0.2, 0.25) is 0 Å². The fraction of sp³-hybridized carbons (Fsp3) is 0.118. The van der Waals surface area contributed by atoms with E-state index in [0.717, 1.165) is 23.5 Å². The summed E-state index contributed by atoms with van der Waals surface area (Å²) in [6, 6.07) is 7.26. The first kappa shape index (κ1) is 18.8. The number of carbonyl (C=O) groups is 2. The third-order valence-electron chi connectivity index (χ3n) is 3.42. The summed E-state index contributed by atoms with van der Waals surface area (Å²) in [4.78, 5) is 42.2. The number of nitrogens with zero attached hydrogens (tertiary/aromatic N) is 2. The van der Waals surface area contributed by atoms with E-state index in [2.05, 4.69) is 9.97 Å². The maximum atomic E-state index is 12.1. The highest BCUT2D eigenvalue weighted by Gasteiger charge is 2.21. The van der Waals surface area contributed by atoms with Crippen LogP contribution in [0.25, 0.3) is 0 Å². The predicted octanol–water partition coefficient (Wildman–Crippen LogP) is 3.88. The molecular formula is C17H13N3O5S2. The van der Waals surface area contributed by atoms with Crippen LogP contribution in [-0.4, -0.2) is 33.3 Å². The monoisotopic (exact) mass is 403 g/mol. The van der Waals surface area contributed by atoms with Gasteiger partial charge in [0.2, 0.25) is 5.78 Å². The molecular weight excluding hydrogens is 390 g/mol. The van der Waals surface area contributed by atoms with Gasteiger partial charge in [-0.2, -0.15) is 0 Å². The van der Waals surface area contributed by atoms with Crippen LogP contribution < -0.4 is 0 Å². The van der Waals surface area contributed by atoms with Crippen LogP contribution >= 0.6 is 23.1 Å². The Morgan fingerprint density at radius 2 is 2.19 bits per heavy atom. The van der Waals surface area contributed by atoms with Gasteiger partial charge in [-0.05, 0) is 31.2 Å². The minimum absolute atomic E-state index is 0.000607. The molecule has 0 aliphatic carbocycles. The Labute approximate surface area is 161 Å². The molecule has 138 valence electrons. The lowest BCUT2D eigenvalue weighted by atomic mass is 10.2. The lowest BCUT2D eigenvalue weighted by molar-refractivity contribution is -0.387. The highest BCUT2D eigenvalue weighted by atomic mass is 32.2. The molecule has 0 aliphatic rings. The molecule has 1 aromatic carbocycles. The van der Waals surface area contributed by atoms with Crippen molar-refractivity contribution in [2.24, 2.45) is 0 Å². The van der Waals surface area contributed by atoms with Crippen molar-refractivity contribution in [3.8, 4) is 0 Å². The van der Waals surface area contributed by atoms with Crippen LogP contribution in [0, 0.1) is 17.0 Å². The highest BCUT2D eigenvalue weighted by molar-refractivity contribution is 8.01. The van der Waals surface area contributed by atoms with Crippen LogP contribution in [-0.2, 0) is 4.74 Å². The molecule has 0 saturated carbocycles. The third kappa shape index (κ3) is 4.60. The number of benzene rings is 1. The third-order valence-corrected chi connectivity index (χ3v) is 5.54. The van der Waals surface area contributed by atoms with Gasteiger partial charge in [-0.15, -0.1) is 11.3 Å². The van der Waals surface area contributed by atoms with Crippen molar-refractivity contribution in [3.63, 3.8) is 0 Å². The number of H-pyrrole nitrogens is 1. The Balaban J connectivity index is 1.73. The van der Waals surface area contributed by atoms with E-state index in [1.165, 1.54) is 23.5 Å². The van der Waals surface area contributed by atoms with Crippen molar-refractivity contribution < 1.29 is 19.2 Å². The number of thiazole rings is 1. The highest BCUT2D eigenvalue weighted by Crippen LogP contribution is 2.36. The standard InChI is InChI=1S/C17H13N3O5S2/c1-10-9-26-17(19-10)27-15-5-4-11(7-13(15)20(23)24)16(22)25-8-14(21)12-3-2-6-18-12/h2-7,9,18H,8H2,1H3. The topological polar surface area (TPSA) is 115 Å². The fourth-order valence-electron chi connectivity index (χ4n) is 2.14. The Morgan fingerprint density at radius 3 is 2.81 bits per heavy atom. The second kappa shape index (κ2) is 8.14. The lowest BCUT2D eigenvalue weighted by Gasteiger charge is -2.05. The molecule has 0 amide bonds. The number of hydrogen-bond donors (Lipinski definition) is 1. The van der Waals surface area contributed by atoms with Gasteiger partial charge in [0.25, 0.3) is 5.69 Å². The van der Waals surface area contributed by atoms with E-state index in [-0.39, 0.29) is 11.3 Å². The van der Waals surface area contributed by atoms with Gasteiger partial charge < -0.3 is 9.72 Å². The van der Waals surface area contributed by atoms with Crippen molar-refractivity contribution in [3.05, 3.63) is 69.0 Å². The summed E-state index contributed by atoms with van der Waals surface area (Å²) in [7, 11) is 0. The number of Topliss-reactive ketones (excluding diaryl/α,β-unsaturated/α-hetero) is 1. The molecule has 2 aromatic heterocycles. The van der Waals surface area contributed by atoms with E-state index in [0.29, 0.717) is 14.9 Å². The molecule has 8 nitrogen and oxygen atoms in total. The number of ketones is 1. The minimum atomic E-state index is -0.806. The number of rotatable bonds is 7. The maximum absolute atomic E-state index is 12.1. The summed E-state index contributed by atoms with van der Waals surface area (Å²) < 4.78 is 5.63. The zero-order valence-corrected chi connectivity index (χ0v) is 15.6. The largest absolute Gasteiger partial charge is 0.454 e. The maximum Gasteiger partial charge on any atom is 0.338 e. The Morgan fingerprint density at radius 1 is 1.37 bits per heavy atom. The second-order valence-electron chi connectivity index (χ2n) is 5.38. The number of aromatic nitrogens is 2. The zero-order chi connectivity index (χ0) is 19.4. The molecule has 0 unspecified atom stereocenters. The van der Waals surface area contributed by atoms with E-state index in [9.17, 15) is 19.7 Å². The van der Waals surface area contributed by atoms with Gasteiger partial charge in [0.15, 0.2) is 10.9 Å². The summed E-state index contributed by atoms with van der Waals surface area (Å²) in [6.45, 7) is 1.38. The smallest absolute Gasteiger partial charge is 0.338 e. The fourth-order valence-corrected chi connectivity index (χ4v) is 4.02. The SMILES string of the molecule is Cc1csc(Sc2ccc(C(=O)OCC(=O)c3ccc[nH]3)cc2[N+](=O)[O-])n1. The first-order valence-electron chi connectivity index (χ1n) is 7.66. The summed E-state index contributed by atoms with van der Waals surface area (Å²) in [5, 5.41) is 13.2. The van der Waals surface area contributed by atoms with Crippen LogP contribution in [0.5, 0.6) is 0 Å². The average molecular weight is 403 g/mol. The number of nitro benzene ring substituents is 1. The second-order valence-corrected chi connectivity index (χ2v) is 7.53. The zero-order valence-electron chi connectivity index (χ0n) is 14.0. The van der Waals surface area contributed by atoms with E-state index >= 15 is 0 Å². The van der Waals surface area contributed by atoms with Gasteiger partial charge >= 0.3 is 5.97 Å². The molecule has 3 rings (SSSR count). The number of nitrogens with one attached hydrogen (secondary N) is 1. The molecule has 27 heavy (non-hydrogen) atoms. The first-order valence-corrected chi connectivity index (χ1v) is 9.36. The minimum Gasteiger partial charge on any atom is -0.454 e. The summed E-state index contributed by atoms with van der Waals surface area (Å²) in [5.74, 6) is -1.20. The summed E-state index contributed by atoms with van der Waals surface area (Å²) in [6.07, 6.45) is 1.58. The molecule has 0 atom stereocenters. The van der Waals surface area contributed by atoms with Crippen molar-refractivity contribution >= 4 is 40.5 Å². The summed E-state index contributed by atoms with van der Waals surface area (Å²) >= 11 is 2.54. The van der Waals surface area contributed by atoms with Crippen LogP contribution in [0.3, 0.4) is 0 Å². The molecule has 0 fully saturated rings. The van der Waals surface area contributed by atoms with Crippen molar-refractivity contribution in [1.29, 1.82) is 0 Å². The molecule has 0 bridgehead atoms. The van der Waals surface area contributed by atoms with Gasteiger partial charge in [0.05, 0.1) is 21.1 Å². The molecule has 0 radical (unpaired) electrons. The molecule has 10 heteroatoms. The van der Waals surface area contributed by atoms with Gasteiger partial charge in [0.1, 0.15) is 0 Å². The Kier molecular flexibility index (Phi) is 5.67. The molecule has 0 aliphatic heterocycles. The quantitative estimate of drug-likeness (QED) is 0.275. The number of nitro groups is 1. The van der Waals surface area contributed by atoms with Crippen molar-refractivity contribution in [2.75, 3.05) is 6.61 Å². The first-order chi connectivity index (χ1) is 12.9. The van der Waals surface area contributed by atoms with Gasteiger partial charge in [-0.1, -0.05) is 11.8 Å². The predicted molar refractivity (Wildman–Crippen MR) is 99.5 cm³/mol. The molecule has 3 aromatic rings. The van der Waals surface area contributed by atoms with Crippen molar-refractivity contribution in [1.82, 2.24) is 9.97 Å². The van der Waals surface area contributed by atoms with Crippen LogP contribution in [0.1, 0.15) is 26.5 Å². The van der Waals surface area contributed by atoms with E-state index in [1.54, 1.807) is 18.3 Å². The van der Waals surface area contributed by atoms with Gasteiger partial charge in [-0.25, -0.2) is 9.78 Å². The lowest BCUT2D eigenvalue weighted by Crippen LogP contribution is -2.14. The van der Waals surface area contributed by atoms with E-state index in [4.69, 9.17) is 4.74 Å². The van der Waals surface area contributed by atoms with E-state index < -0.39 is 23.3 Å². The molecule has 0 saturated heterocycles. The normalized spacial score (nSPS) is 10.6. The van der Waals surface area contributed by atoms with Gasteiger partial charge in [0, 0.05) is 23.3 Å². The average Bonchev–Trinajstić information content (AvgIpc) is 3.31. The number of ether oxygens (including phenoxy) is 1. The molecule has 1 N–H and O–H groups in total. The molecule has 2 heterocycles. The number of esters is 1. The Bertz CT molecular complexity index is 998. The molecule has 0 spiro atoms. The van der Waals surface area contributed by atoms with Crippen LogP contribution in [0.15, 0.2) is 51.1 Å². The Hall–Kier alpha value is -2.98. The number of carbonyl (C=O) groups excluding carboxylic acids is 2. The van der Waals surface area contributed by atoms with Crippen LogP contribution in [0.4, 0.5) is 5.69 Å². The number of aryl methyl sites for hydroxylation is 1. The number of hydrogen-bond acceptors (Lipinski definition) is 8. The number of aromatic amines is 1. The summed E-state index contributed by atoms with van der Waals surface area (Å²) in [5.41, 5.74) is 0.926.